The van der Waals surface area contributed by atoms with E-state index in [0.717, 1.165) is 11.3 Å². The maximum atomic E-state index is 10.6. The van der Waals surface area contributed by atoms with Crippen molar-refractivity contribution in [3.05, 3.63) is 39.6 Å². The molecule has 1 aliphatic heterocycles. The third-order valence-corrected chi connectivity index (χ3v) is 5.84. The maximum absolute atomic E-state index is 10.6. The quantitative estimate of drug-likeness (QED) is 0.575. The molecule has 0 aromatic carbocycles. The number of hydrogen-bond donors (Lipinski definition) is 1. The molecular weight excluding hydrogens is 417 g/mol. The summed E-state index contributed by atoms with van der Waals surface area (Å²) in [6, 6.07) is 0. The summed E-state index contributed by atoms with van der Waals surface area (Å²) < 4.78 is 34.1. The number of nitrogens with zero attached hydrogens (tertiary/aromatic N) is 3. The Labute approximate surface area is 132 Å². The zero-order valence-electron chi connectivity index (χ0n) is 10.3. The highest BCUT2D eigenvalue weighted by Crippen LogP contribution is 2.23. The second kappa shape index (κ2) is 6.83. The number of aromatic nitrogens is 2. The third-order valence-electron chi connectivity index (χ3n) is 2.38. The molecule has 6 nitrogen and oxygen atoms in total. The van der Waals surface area contributed by atoms with Crippen LogP contribution in [-0.4, -0.2) is 38.0 Å². The highest BCUT2D eigenvalue weighted by atomic mass is 127. The van der Waals surface area contributed by atoms with Crippen molar-refractivity contribution in [2.45, 2.75) is 6.42 Å². The number of rotatable bonds is 5. The fraction of sp³-hybridized carbons (Fsp3) is 0.273. The molecule has 0 saturated heterocycles. The zero-order chi connectivity index (χ0) is 14.6. The molecule has 1 aromatic heterocycles. The highest BCUT2D eigenvalue weighted by molar-refractivity contribution is 14.2. The highest BCUT2D eigenvalue weighted by Gasteiger charge is 2.12. The van der Waals surface area contributed by atoms with Crippen molar-refractivity contribution in [1.29, 1.82) is 0 Å². The number of allylic oxidation sites excluding steroid dienone is 2. The predicted molar refractivity (Wildman–Crippen MR) is 84.3 cm³/mol. The van der Waals surface area contributed by atoms with Gasteiger partial charge >= 0.3 is 0 Å². The van der Waals surface area contributed by atoms with Crippen LogP contribution in [0.1, 0.15) is 12.1 Å². The van der Waals surface area contributed by atoms with E-state index in [-0.39, 0.29) is 26.8 Å². The van der Waals surface area contributed by atoms with E-state index in [2.05, 4.69) is 16.8 Å². The van der Waals surface area contributed by atoms with Crippen molar-refractivity contribution in [2.24, 2.45) is 0 Å². The van der Waals surface area contributed by atoms with Gasteiger partial charge in [-0.3, -0.25) is 9.54 Å². The Balaban J connectivity index is 2.00. The average molecular weight is 429 g/mol. The molecule has 1 N–H and O–H groups in total. The van der Waals surface area contributed by atoms with Gasteiger partial charge in [-0.05, 0) is 0 Å². The molecule has 0 spiro atoms. The van der Waals surface area contributed by atoms with Gasteiger partial charge in [0.25, 0.3) is 10.1 Å². The lowest BCUT2D eigenvalue weighted by Gasteiger charge is -2.03. The van der Waals surface area contributed by atoms with Gasteiger partial charge in [0.05, 0.1) is 23.8 Å². The number of halogens is 2. The van der Waals surface area contributed by atoms with E-state index >= 15 is 0 Å². The summed E-state index contributed by atoms with van der Waals surface area (Å²) in [6.07, 6.45) is 7.35. The van der Waals surface area contributed by atoms with E-state index in [4.69, 9.17) is 16.2 Å². The van der Waals surface area contributed by atoms with E-state index in [9.17, 15) is 8.42 Å². The van der Waals surface area contributed by atoms with Gasteiger partial charge in [0, 0.05) is 22.2 Å². The lowest BCUT2D eigenvalue weighted by Crippen LogP contribution is -2.10. The van der Waals surface area contributed by atoms with Crippen LogP contribution in [0.3, 0.4) is 0 Å². The van der Waals surface area contributed by atoms with Crippen molar-refractivity contribution >= 4 is 48.3 Å². The standard InChI is InChI=1S/C11H11ClIN3O3S/c12-11-8-14-7-10(15-11)9-2-4-16(13-6-9)3-1-5-20(17,18)19/h2,4,6-8H,1,3,5H2/p+1. The van der Waals surface area contributed by atoms with Crippen LogP contribution in [0.15, 0.2) is 28.8 Å². The molecule has 1 aliphatic rings. The normalized spacial score (nSPS) is 15.3. The van der Waals surface area contributed by atoms with Crippen LogP contribution in [0.2, 0.25) is 5.15 Å². The molecular formula is C11H12ClIN3O3S+. The molecule has 0 atom stereocenters. The van der Waals surface area contributed by atoms with E-state index in [1.54, 1.807) is 6.20 Å². The first-order valence-electron chi connectivity index (χ1n) is 5.66. The zero-order valence-corrected chi connectivity index (χ0v) is 14.0. The van der Waals surface area contributed by atoms with Gasteiger partial charge in [-0.2, -0.15) is 11.1 Å². The molecule has 0 saturated carbocycles. The van der Waals surface area contributed by atoms with Gasteiger partial charge in [-0.25, -0.2) is 4.98 Å². The van der Waals surface area contributed by atoms with Crippen LogP contribution in [0.25, 0.3) is 5.57 Å². The minimum absolute atomic E-state index is 0.211. The van der Waals surface area contributed by atoms with Crippen molar-refractivity contribution < 1.29 is 15.7 Å². The summed E-state index contributed by atoms with van der Waals surface area (Å²) in [7, 11) is -3.87. The summed E-state index contributed by atoms with van der Waals surface area (Å²) in [5, 5.41) is 0.352. The van der Waals surface area contributed by atoms with Gasteiger partial charge < -0.3 is 0 Å². The Morgan fingerprint density at radius 1 is 1.40 bits per heavy atom. The van der Waals surface area contributed by atoms with Gasteiger partial charge in [0.15, 0.2) is 12.7 Å². The molecule has 9 heteroatoms. The first-order valence-corrected chi connectivity index (χ1v) is 9.85. The first-order chi connectivity index (χ1) is 9.44. The minimum Gasteiger partial charge on any atom is -0.286 e. The van der Waals surface area contributed by atoms with Crippen molar-refractivity contribution in [2.75, 3.05) is 12.3 Å². The van der Waals surface area contributed by atoms with Crippen LogP contribution < -0.4 is 0 Å². The monoisotopic (exact) mass is 428 g/mol. The predicted octanol–water partition coefficient (Wildman–Crippen LogP) is 2.44. The van der Waals surface area contributed by atoms with E-state index in [0.29, 0.717) is 18.1 Å². The van der Waals surface area contributed by atoms with Crippen LogP contribution >= 0.6 is 32.6 Å². The Kier molecular flexibility index (Phi) is 5.35. The van der Waals surface area contributed by atoms with E-state index in [1.807, 2.05) is 12.3 Å². The smallest absolute Gasteiger partial charge is 0.265 e. The molecule has 0 bridgehead atoms. The summed E-state index contributed by atoms with van der Waals surface area (Å²) in [6.45, 7) is 0.606. The van der Waals surface area contributed by atoms with Crippen LogP contribution in [0.4, 0.5) is 0 Å². The lowest BCUT2D eigenvalue weighted by atomic mass is 10.2. The molecule has 20 heavy (non-hydrogen) atoms. The minimum atomic E-state index is -3.87. The van der Waals surface area contributed by atoms with Crippen LogP contribution in [-0.2, 0) is 10.1 Å². The Morgan fingerprint density at radius 3 is 2.80 bits per heavy atom. The SMILES string of the molecule is O=S(=O)(O)CCC[N+]1=IC=C(c2cncc(Cl)n2)C=C1. The first kappa shape index (κ1) is 15.7. The Morgan fingerprint density at radius 2 is 2.20 bits per heavy atom. The van der Waals surface area contributed by atoms with Gasteiger partial charge in [-0.15, -0.1) is 0 Å². The summed E-state index contributed by atoms with van der Waals surface area (Å²) in [4.78, 5) is 8.18. The lowest BCUT2D eigenvalue weighted by molar-refractivity contribution is -0.401. The van der Waals surface area contributed by atoms with Crippen molar-refractivity contribution in [3.8, 4) is 0 Å². The van der Waals surface area contributed by atoms with E-state index < -0.39 is 10.1 Å². The topological polar surface area (TPSA) is 83.2 Å². The maximum Gasteiger partial charge on any atom is 0.265 e. The molecule has 0 aliphatic carbocycles. The number of hydrogen-bond acceptors (Lipinski definition) is 4. The molecule has 0 amide bonds. The van der Waals surface area contributed by atoms with Gasteiger partial charge in [-0.1, -0.05) is 11.6 Å². The third kappa shape index (κ3) is 5.00. The van der Waals surface area contributed by atoms with Gasteiger partial charge in [0.2, 0.25) is 21.0 Å². The summed E-state index contributed by atoms with van der Waals surface area (Å²) >= 11 is 5.42. The molecule has 0 unspecified atom stereocenters. The molecule has 2 heterocycles. The summed E-state index contributed by atoms with van der Waals surface area (Å²) in [5.41, 5.74) is 1.70. The second-order valence-electron chi connectivity index (χ2n) is 3.97. The molecule has 108 valence electrons. The Hall–Kier alpha value is -0.710. The largest absolute Gasteiger partial charge is 0.286 e. The second-order valence-corrected chi connectivity index (χ2v) is 8.35. The summed E-state index contributed by atoms with van der Waals surface area (Å²) in [5.74, 6) is -0.211. The molecule has 2 rings (SSSR count). The van der Waals surface area contributed by atoms with Gasteiger partial charge in [0.1, 0.15) is 5.15 Å². The van der Waals surface area contributed by atoms with Crippen molar-refractivity contribution in [1.82, 2.24) is 9.97 Å². The van der Waals surface area contributed by atoms with Crippen molar-refractivity contribution in [3.63, 3.8) is 0 Å². The Bertz CT molecular complexity index is 701. The van der Waals surface area contributed by atoms with E-state index in [1.165, 1.54) is 6.20 Å². The molecule has 0 radical (unpaired) electrons. The van der Waals surface area contributed by atoms with Crippen LogP contribution in [0.5, 0.6) is 0 Å². The molecule has 1 aromatic rings. The molecule has 0 fully saturated rings. The van der Waals surface area contributed by atoms with Crippen LogP contribution in [0, 0.1) is 0 Å². The fourth-order valence-corrected chi connectivity index (χ4v) is 4.28. The fourth-order valence-electron chi connectivity index (χ4n) is 1.49. The average Bonchev–Trinajstić information content (AvgIpc) is 2.38.